The molecule has 1 aromatic heterocycles. The van der Waals surface area contributed by atoms with Gasteiger partial charge in [0, 0.05) is 0 Å². The quantitative estimate of drug-likeness (QED) is 0.692. The Kier molecular flexibility index (Phi) is 4.57. The molecule has 22 heavy (non-hydrogen) atoms. The number of benzene rings is 1. The molecular formula is C12H8F3N5OS. The molecule has 0 aliphatic carbocycles. The summed E-state index contributed by atoms with van der Waals surface area (Å²) in [5.74, 6) is -0.766. The first-order chi connectivity index (χ1) is 10.4. The van der Waals surface area contributed by atoms with Crippen LogP contribution in [-0.4, -0.2) is 27.7 Å². The lowest BCUT2D eigenvalue weighted by atomic mass is 10.2. The minimum atomic E-state index is -4.67. The topological polar surface area (TPSA) is 79.0 Å². The molecular weight excluding hydrogens is 319 g/mol. The van der Waals surface area contributed by atoms with Gasteiger partial charge in [-0.2, -0.15) is 28.2 Å². The number of rotatable bonds is 4. The molecule has 0 saturated heterocycles. The number of hydrogen-bond donors (Lipinski definition) is 1. The number of hydrogen-bond acceptors (Lipinski definition) is 5. The molecule has 0 saturated carbocycles. The summed E-state index contributed by atoms with van der Waals surface area (Å²) in [4.78, 5) is 0. The van der Waals surface area contributed by atoms with Crippen molar-refractivity contribution in [2.75, 3.05) is 6.61 Å². The number of H-pyrrole nitrogens is 1. The Morgan fingerprint density at radius 2 is 2.09 bits per heavy atom. The molecule has 6 nitrogen and oxygen atoms in total. The highest BCUT2D eigenvalue weighted by Gasteiger charge is 2.37. The van der Waals surface area contributed by atoms with Crippen LogP contribution in [0.1, 0.15) is 11.4 Å². The van der Waals surface area contributed by atoms with Gasteiger partial charge in [0.1, 0.15) is 11.8 Å². The Morgan fingerprint density at radius 1 is 1.41 bits per heavy atom. The molecule has 2 aromatic rings. The summed E-state index contributed by atoms with van der Waals surface area (Å²) >= 11 is 4.71. The third-order valence-electron chi connectivity index (χ3n) is 2.41. The van der Waals surface area contributed by atoms with E-state index in [0.717, 1.165) is 0 Å². The average molecular weight is 327 g/mol. The molecule has 0 radical (unpaired) electrons. The Bertz CT molecular complexity index is 770. The van der Waals surface area contributed by atoms with Crippen molar-refractivity contribution in [2.45, 2.75) is 6.18 Å². The molecule has 0 fully saturated rings. The highest BCUT2D eigenvalue weighted by atomic mass is 32.1. The zero-order valence-electron chi connectivity index (χ0n) is 10.8. The van der Waals surface area contributed by atoms with Gasteiger partial charge in [0.25, 0.3) is 5.82 Å². The smallest absolute Gasteiger partial charge is 0.453 e. The van der Waals surface area contributed by atoms with Crippen molar-refractivity contribution in [3.05, 3.63) is 40.4 Å². The lowest BCUT2D eigenvalue weighted by Crippen LogP contribution is -2.12. The van der Waals surface area contributed by atoms with Crippen LogP contribution >= 0.6 is 12.2 Å². The molecule has 0 aliphatic rings. The van der Waals surface area contributed by atoms with Crippen molar-refractivity contribution in [3.8, 4) is 11.8 Å². The molecule has 0 aliphatic heterocycles. The molecule has 10 heteroatoms. The molecule has 2 rings (SSSR count). The second kappa shape index (κ2) is 6.40. The standard InChI is InChI=1S/C12H8F3N5OS/c13-12(14,15)10-18-19-11(22)20(10)17-7-8-1-3-9(4-2-8)21-6-5-16/h1-4,7H,6H2,(H,19,22)/b17-7-. The Morgan fingerprint density at radius 3 is 2.68 bits per heavy atom. The van der Waals surface area contributed by atoms with E-state index in [0.29, 0.717) is 16.0 Å². The number of aromatic nitrogens is 3. The van der Waals surface area contributed by atoms with E-state index in [2.05, 4.69) is 15.3 Å². The van der Waals surface area contributed by atoms with Crippen LogP contribution in [0, 0.1) is 16.1 Å². The summed E-state index contributed by atoms with van der Waals surface area (Å²) in [5.41, 5.74) is 0.528. The van der Waals surface area contributed by atoms with Crippen molar-refractivity contribution in [1.82, 2.24) is 14.9 Å². The Balaban J connectivity index is 2.21. The Hall–Kier alpha value is -2.67. The molecule has 114 valence electrons. The number of aromatic amines is 1. The van der Waals surface area contributed by atoms with E-state index in [1.54, 1.807) is 24.3 Å². The van der Waals surface area contributed by atoms with Crippen molar-refractivity contribution < 1.29 is 17.9 Å². The van der Waals surface area contributed by atoms with Crippen LogP contribution in [0.25, 0.3) is 0 Å². The second-order valence-electron chi connectivity index (χ2n) is 3.92. The van der Waals surface area contributed by atoms with Crippen molar-refractivity contribution in [1.29, 1.82) is 5.26 Å². The van der Waals surface area contributed by atoms with E-state index < -0.39 is 12.0 Å². The van der Waals surface area contributed by atoms with E-state index >= 15 is 0 Å². The molecule has 0 bridgehead atoms. The summed E-state index contributed by atoms with van der Waals surface area (Å²) in [5, 5.41) is 17.2. The summed E-state index contributed by atoms with van der Waals surface area (Å²) < 4.78 is 43.4. The normalized spacial score (nSPS) is 11.5. The zero-order valence-corrected chi connectivity index (χ0v) is 11.6. The predicted octanol–water partition coefficient (Wildman–Crippen LogP) is 2.74. The van der Waals surface area contributed by atoms with Crippen molar-refractivity contribution in [2.24, 2.45) is 5.10 Å². The number of nitrogens with zero attached hydrogens (tertiary/aromatic N) is 4. The predicted molar refractivity (Wildman–Crippen MR) is 73.0 cm³/mol. The van der Waals surface area contributed by atoms with Gasteiger partial charge < -0.3 is 4.74 Å². The van der Waals surface area contributed by atoms with Crippen LogP contribution < -0.4 is 4.74 Å². The molecule has 0 unspecified atom stereocenters. The zero-order chi connectivity index (χ0) is 16.2. The van der Waals surface area contributed by atoms with Gasteiger partial charge in [0.2, 0.25) is 4.77 Å². The van der Waals surface area contributed by atoms with E-state index in [1.165, 1.54) is 6.21 Å². The second-order valence-corrected chi connectivity index (χ2v) is 4.31. The lowest BCUT2D eigenvalue weighted by molar-refractivity contribution is -0.147. The van der Waals surface area contributed by atoms with Gasteiger partial charge in [-0.15, -0.1) is 5.10 Å². The third-order valence-corrected chi connectivity index (χ3v) is 2.67. The summed E-state index contributed by atoms with van der Waals surface area (Å²) in [6.07, 6.45) is -3.46. The number of halogens is 3. The van der Waals surface area contributed by atoms with Crippen LogP contribution in [-0.2, 0) is 6.18 Å². The van der Waals surface area contributed by atoms with E-state index in [1.807, 2.05) is 6.07 Å². The maximum absolute atomic E-state index is 12.7. The Labute approximate surface area is 127 Å². The fourth-order valence-corrected chi connectivity index (χ4v) is 1.65. The summed E-state index contributed by atoms with van der Waals surface area (Å²) in [6.45, 7) is -0.0907. The number of nitriles is 1. The van der Waals surface area contributed by atoms with E-state index in [4.69, 9.17) is 22.2 Å². The summed E-state index contributed by atoms with van der Waals surface area (Å²) in [7, 11) is 0. The fourth-order valence-electron chi connectivity index (χ4n) is 1.47. The minimum Gasteiger partial charge on any atom is -0.479 e. The molecule has 1 N–H and O–H groups in total. The third kappa shape index (κ3) is 3.70. The van der Waals surface area contributed by atoms with Gasteiger partial charge in [0.15, 0.2) is 6.61 Å². The van der Waals surface area contributed by atoms with Crippen LogP contribution in [0.3, 0.4) is 0 Å². The maximum Gasteiger partial charge on any atom is 0.453 e. The first-order valence-corrected chi connectivity index (χ1v) is 6.21. The average Bonchev–Trinajstić information content (AvgIpc) is 2.85. The van der Waals surface area contributed by atoms with Gasteiger partial charge in [0.05, 0.1) is 6.21 Å². The SMILES string of the molecule is N#CCOc1ccc(/C=N\n2c(C(F)(F)F)n[nH]c2=S)cc1. The highest BCUT2D eigenvalue weighted by molar-refractivity contribution is 7.71. The largest absolute Gasteiger partial charge is 0.479 e. The maximum atomic E-state index is 12.7. The van der Waals surface area contributed by atoms with Crippen LogP contribution in [0.15, 0.2) is 29.4 Å². The molecule has 1 aromatic carbocycles. The van der Waals surface area contributed by atoms with E-state index in [-0.39, 0.29) is 11.4 Å². The van der Waals surface area contributed by atoms with Gasteiger partial charge in [-0.05, 0) is 42.0 Å². The van der Waals surface area contributed by atoms with Crippen LogP contribution in [0.5, 0.6) is 5.75 Å². The van der Waals surface area contributed by atoms with Crippen LogP contribution in [0.4, 0.5) is 13.2 Å². The first-order valence-electron chi connectivity index (χ1n) is 5.80. The highest BCUT2D eigenvalue weighted by Crippen LogP contribution is 2.27. The molecule has 0 amide bonds. The van der Waals surface area contributed by atoms with Crippen LogP contribution in [0.2, 0.25) is 0 Å². The number of alkyl halides is 3. The molecule has 1 heterocycles. The monoisotopic (exact) mass is 327 g/mol. The van der Waals surface area contributed by atoms with Gasteiger partial charge >= 0.3 is 6.18 Å². The number of ether oxygens (including phenoxy) is 1. The number of nitrogens with one attached hydrogen (secondary N) is 1. The lowest BCUT2D eigenvalue weighted by Gasteiger charge is -2.04. The van der Waals surface area contributed by atoms with Gasteiger partial charge in [-0.1, -0.05) is 0 Å². The minimum absolute atomic E-state index is 0.0907. The summed E-state index contributed by atoms with van der Waals surface area (Å²) in [6, 6.07) is 8.11. The van der Waals surface area contributed by atoms with Gasteiger partial charge in [-0.25, -0.2) is 5.10 Å². The van der Waals surface area contributed by atoms with Crippen molar-refractivity contribution in [3.63, 3.8) is 0 Å². The molecule has 0 spiro atoms. The van der Waals surface area contributed by atoms with Crippen molar-refractivity contribution >= 4 is 18.4 Å². The fraction of sp³-hybridized carbons (Fsp3) is 0.167. The first kappa shape index (κ1) is 15.7. The van der Waals surface area contributed by atoms with E-state index in [9.17, 15) is 13.2 Å². The molecule has 0 atom stereocenters. The van der Waals surface area contributed by atoms with Gasteiger partial charge in [-0.3, -0.25) is 0 Å².